The first-order valence-corrected chi connectivity index (χ1v) is 12.5. The minimum atomic E-state index is -0.211. The molecule has 1 aromatic rings. The van der Waals surface area contributed by atoms with Crippen LogP contribution >= 0.6 is 11.3 Å². The van der Waals surface area contributed by atoms with Gasteiger partial charge in [-0.3, -0.25) is 9.59 Å². The second-order valence-electron chi connectivity index (χ2n) is 9.25. The van der Waals surface area contributed by atoms with Gasteiger partial charge in [0.1, 0.15) is 17.3 Å². The first-order chi connectivity index (χ1) is 16.4. The van der Waals surface area contributed by atoms with Gasteiger partial charge < -0.3 is 31.6 Å². The van der Waals surface area contributed by atoms with E-state index in [1.807, 2.05) is 30.0 Å². The fourth-order valence-electron chi connectivity index (χ4n) is 4.19. The molecule has 34 heavy (non-hydrogen) atoms. The molecular formula is C24H29N7O2S. The lowest BCUT2D eigenvalue weighted by atomic mass is 10.2. The van der Waals surface area contributed by atoms with Crippen molar-refractivity contribution in [3.8, 4) is 0 Å². The number of carbonyl (C=O) groups is 2. The van der Waals surface area contributed by atoms with Gasteiger partial charge in [0, 0.05) is 37.0 Å². The van der Waals surface area contributed by atoms with Crippen LogP contribution in [0.4, 0.5) is 0 Å². The Hall–Kier alpha value is -3.40. The van der Waals surface area contributed by atoms with Crippen molar-refractivity contribution in [3.05, 3.63) is 57.0 Å². The Morgan fingerprint density at radius 3 is 2.74 bits per heavy atom. The molecule has 2 saturated heterocycles. The molecule has 9 nitrogen and oxygen atoms in total. The maximum absolute atomic E-state index is 12.9. The Morgan fingerprint density at radius 1 is 1.26 bits per heavy atom. The maximum atomic E-state index is 12.9. The first-order valence-electron chi connectivity index (χ1n) is 11.7. The van der Waals surface area contributed by atoms with Crippen LogP contribution in [0.2, 0.25) is 0 Å². The second kappa shape index (κ2) is 9.09. The van der Waals surface area contributed by atoms with E-state index in [2.05, 4.69) is 28.2 Å². The number of thiophene rings is 1. The summed E-state index contributed by atoms with van der Waals surface area (Å²) in [6.45, 7) is 5.63. The Kier molecular flexibility index (Phi) is 5.99. The molecule has 0 radical (unpaired) electrons. The quantitative estimate of drug-likeness (QED) is 0.316. The zero-order valence-electron chi connectivity index (χ0n) is 19.3. The molecule has 3 aliphatic heterocycles. The third kappa shape index (κ3) is 4.77. The Bertz CT molecular complexity index is 1160. The summed E-state index contributed by atoms with van der Waals surface area (Å²) in [5.74, 6) is 1.68. The predicted molar refractivity (Wildman–Crippen MR) is 133 cm³/mol. The lowest BCUT2D eigenvalue weighted by Gasteiger charge is -2.20. The summed E-state index contributed by atoms with van der Waals surface area (Å²) < 4.78 is 0. The number of nitrogens with one attached hydrogen (secondary N) is 5. The average molecular weight is 480 g/mol. The van der Waals surface area contributed by atoms with Crippen molar-refractivity contribution < 1.29 is 9.59 Å². The number of aliphatic imine (C=N–C) groups is 1. The van der Waals surface area contributed by atoms with Gasteiger partial charge in [0.05, 0.1) is 21.6 Å². The second-order valence-corrected chi connectivity index (χ2v) is 10.3. The number of likely N-dealkylation sites (tertiary alicyclic amines) is 1. The molecule has 10 heteroatoms. The summed E-state index contributed by atoms with van der Waals surface area (Å²) in [4.78, 5) is 33.4. The monoisotopic (exact) mass is 479 g/mol. The Morgan fingerprint density at radius 2 is 2.09 bits per heavy atom. The minimum absolute atomic E-state index is 0.0727. The molecule has 4 aliphatic rings. The van der Waals surface area contributed by atoms with Crippen LogP contribution in [0.5, 0.6) is 0 Å². The van der Waals surface area contributed by atoms with Crippen molar-refractivity contribution in [3.63, 3.8) is 0 Å². The van der Waals surface area contributed by atoms with Crippen LogP contribution < -0.4 is 21.3 Å². The zero-order chi connectivity index (χ0) is 23.8. The summed E-state index contributed by atoms with van der Waals surface area (Å²) in [5, 5.41) is 20.5. The molecule has 4 heterocycles. The van der Waals surface area contributed by atoms with E-state index >= 15 is 0 Å². The summed E-state index contributed by atoms with van der Waals surface area (Å²) >= 11 is 1.43. The predicted octanol–water partition coefficient (Wildman–Crippen LogP) is 2.03. The zero-order valence-corrected chi connectivity index (χ0v) is 20.1. The highest BCUT2D eigenvalue weighted by Gasteiger charge is 2.28. The van der Waals surface area contributed by atoms with Crippen molar-refractivity contribution in [2.75, 3.05) is 13.1 Å². The van der Waals surface area contributed by atoms with E-state index in [0.717, 1.165) is 43.1 Å². The number of nitrogens with zero attached hydrogens (tertiary/aromatic N) is 2. The number of rotatable bonds is 6. The van der Waals surface area contributed by atoms with Crippen molar-refractivity contribution in [2.24, 2.45) is 10.9 Å². The van der Waals surface area contributed by atoms with Crippen LogP contribution in [0, 0.1) is 11.3 Å². The molecular weight excluding hydrogens is 450 g/mol. The molecule has 3 fully saturated rings. The van der Waals surface area contributed by atoms with Crippen LogP contribution in [0.1, 0.15) is 47.7 Å². The lowest BCUT2D eigenvalue weighted by molar-refractivity contribution is -0.116. The molecule has 1 aromatic heterocycles. The average Bonchev–Trinajstić information content (AvgIpc) is 3.19. The van der Waals surface area contributed by atoms with Crippen molar-refractivity contribution in [1.82, 2.24) is 26.2 Å². The highest BCUT2D eigenvalue weighted by molar-refractivity contribution is 7.16. The van der Waals surface area contributed by atoms with Crippen LogP contribution in [0.3, 0.4) is 0 Å². The van der Waals surface area contributed by atoms with E-state index in [4.69, 9.17) is 10.4 Å². The number of amides is 2. The Labute approximate surface area is 202 Å². The van der Waals surface area contributed by atoms with Crippen LogP contribution in [0.15, 0.2) is 52.2 Å². The molecule has 1 aliphatic carbocycles. The van der Waals surface area contributed by atoms with Gasteiger partial charge in [-0.15, -0.1) is 11.3 Å². The lowest BCUT2D eigenvalue weighted by Crippen LogP contribution is -2.31. The number of hydrogen-bond acceptors (Lipinski definition) is 8. The highest BCUT2D eigenvalue weighted by atomic mass is 32.1. The van der Waals surface area contributed by atoms with Crippen molar-refractivity contribution >= 4 is 35.1 Å². The van der Waals surface area contributed by atoms with Gasteiger partial charge in [0.2, 0.25) is 0 Å². The molecule has 0 bridgehead atoms. The van der Waals surface area contributed by atoms with E-state index in [1.54, 1.807) is 6.08 Å². The van der Waals surface area contributed by atoms with Crippen LogP contribution in [-0.4, -0.2) is 53.9 Å². The number of allylic oxidation sites excluding steroid dienone is 3. The molecule has 0 aromatic carbocycles. The minimum Gasteiger partial charge on any atom is -0.369 e. The van der Waals surface area contributed by atoms with Crippen LogP contribution in [0.25, 0.3) is 0 Å². The normalized spacial score (nSPS) is 26.9. The largest absolute Gasteiger partial charge is 0.369 e. The molecule has 0 spiro atoms. The van der Waals surface area contributed by atoms with Gasteiger partial charge in [0.25, 0.3) is 11.8 Å². The van der Waals surface area contributed by atoms with Crippen LogP contribution in [-0.2, 0) is 4.79 Å². The molecule has 1 saturated carbocycles. The number of hydrogen-bond donors (Lipinski definition) is 5. The maximum Gasteiger partial charge on any atom is 0.269 e. The van der Waals surface area contributed by atoms with Gasteiger partial charge in [-0.1, -0.05) is 6.92 Å². The molecule has 178 valence electrons. The Balaban J connectivity index is 1.46. The van der Waals surface area contributed by atoms with Gasteiger partial charge in [0.15, 0.2) is 0 Å². The molecule has 2 unspecified atom stereocenters. The summed E-state index contributed by atoms with van der Waals surface area (Å²) in [7, 11) is 0. The number of carbonyl (C=O) groups excluding carboxylic acids is 2. The fourth-order valence-corrected chi connectivity index (χ4v) is 5.12. The van der Waals surface area contributed by atoms with Crippen molar-refractivity contribution in [1.29, 1.82) is 5.41 Å². The van der Waals surface area contributed by atoms with E-state index in [1.165, 1.54) is 17.6 Å². The fraction of sp³-hybridized carbons (Fsp3) is 0.417. The third-order valence-corrected chi connectivity index (χ3v) is 7.27. The smallest absolute Gasteiger partial charge is 0.269 e. The molecule has 5 N–H and O–H groups in total. The standard InChI is InChI=1S/C24H29N7O2S/c1-13-7-8-31(12-13)24(33)20-6-5-19(34-20)17-10-21(28-16-3-4-16)30-22(29-17)15(11-25)9-18-23(32)27-14(2)26-18/h5-6,9-11,13-14,16,25-26,28,30H,3-4,7-8,12H2,1-2H3,(H,27,32)/b18-9-,22-15-,25-11?. The summed E-state index contributed by atoms with van der Waals surface area (Å²) in [5.41, 5.74) is 1.59. The molecule has 2 atom stereocenters. The van der Waals surface area contributed by atoms with Crippen molar-refractivity contribution in [2.45, 2.75) is 45.3 Å². The molecule has 2 amide bonds. The van der Waals surface area contributed by atoms with E-state index in [0.29, 0.717) is 39.6 Å². The van der Waals surface area contributed by atoms with Gasteiger partial charge in [-0.2, -0.15) is 0 Å². The van der Waals surface area contributed by atoms with E-state index in [-0.39, 0.29) is 18.0 Å². The van der Waals surface area contributed by atoms with Gasteiger partial charge in [-0.25, -0.2) is 4.99 Å². The SMILES string of the molecule is CC1CCN(C(=O)c2ccc(C3=N/C(=C(C=N)\C=C4/NC(C)NC4=O)NC(NC4CC4)=C3)s2)C1. The third-order valence-electron chi connectivity index (χ3n) is 6.18. The topological polar surface area (TPSA) is 122 Å². The van der Waals surface area contributed by atoms with E-state index in [9.17, 15) is 9.59 Å². The van der Waals surface area contributed by atoms with Gasteiger partial charge in [-0.05, 0) is 50.3 Å². The highest BCUT2D eigenvalue weighted by Crippen LogP contribution is 2.27. The summed E-state index contributed by atoms with van der Waals surface area (Å²) in [6, 6.07) is 4.22. The first kappa shape index (κ1) is 22.4. The van der Waals surface area contributed by atoms with Gasteiger partial charge >= 0.3 is 0 Å². The molecule has 5 rings (SSSR count). The van der Waals surface area contributed by atoms with E-state index < -0.39 is 0 Å². The summed E-state index contributed by atoms with van der Waals surface area (Å²) in [6.07, 6.45) is 7.86.